The molecule has 0 radical (unpaired) electrons. The molecule has 1 saturated heterocycles. The first-order chi connectivity index (χ1) is 8.17. The average Bonchev–Trinajstić information content (AvgIpc) is 2.30. The molecule has 3 nitrogen and oxygen atoms in total. The first-order valence-electron chi connectivity index (χ1n) is 7.27. The Morgan fingerprint density at radius 3 is 2.65 bits per heavy atom. The number of piperidine rings is 1. The zero-order valence-electron chi connectivity index (χ0n) is 12.2. The molecule has 1 aliphatic rings. The number of nitrogens with zero attached hydrogens (tertiary/aromatic N) is 2. The van der Waals surface area contributed by atoms with E-state index >= 15 is 0 Å². The Kier molecular flexibility index (Phi) is 7.09. The fraction of sp³-hybridized carbons (Fsp3) is 1.00. The van der Waals surface area contributed by atoms with Crippen molar-refractivity contribution in [3.63, 3.8) is 0 Å². The summed E-state index contributed by atoms with van der Waals surface area (Å²) in [6.45, 7) is 10.7. The molecule has 2 atom stereocenters. The van der Waals surface area contributed by atoms with Gasteiger partial charge in [-0.25, -0.2) is 0 Å². The third-order valence-electron chi connectivity index (χ3n) is 3.89. The van der Waals surface area contributed by atoms with Crippen molar-refractivity contribution in [2.45, 2.75) is 39.2 Å². The van der Waals surface area contributed by atoms with E-state index in [1.165, 1.54) is 45.4 Å². The number of likely N-dealkylation sites (tertiary alicyclic amines) is 1. The number of nitrogens with one attached hydrogen (secondary N) is 1. The lowest BCUT2D eigenvalue weighted by molar-refractivity contribution is 0.132. The van der Waals surface area contributed by atoms with Crippen molar-refractivity contribution in [3.05, 3.63) is 0 Å². The summed E-state index contributed by atoms with van der Waals surface area (Å²) < 4.78 is 0. The molecule has 0 aliphatic carbocycles. The summed E-state index contributed by atoms with van der Waals surface area (Å²) in [5.41, 5.74) is 0. The van der Waals surface area contributed by atoms with Crippen molar-refractivity contribution in [2.24, 2.45) is 5.92 Å². The van der Waals surface area contributed by atoms with Crippen LogP contribution < -0.4 is 5.32 Å². The van der Waals surface area contributed by atoms with Crippen molar-refractivity contribution in [1.82, 2.24) is 15.1 Å². The maximum atomic E-state index is 3.65. The Hall–Kier alpha value is -0.120. The smallest absolute Gasteiger partial charge is 0.0119 e. The third kappa shape index (κ3) is 5.36. The van der Waals surface area contributed by atoms with Crippen LogP contribution >= 0.6 is 0 Å². The van der Waals surface area contributed by atoms with E-state index in [4.69, 9.17) is 0 Å². The summed E-state index contributed by atoms with van der Waals surface area (Å²) in [5, 5.41) is 3.65. The molecule has 2 unspecified atom stereocenters. The Balaban J connectivity index is 2.27. The van der Waals surface area contributed by atoms with Crippen molar-refractivity contribution < 1.29 is 0 Å². The molecule has 17 heavy (non-hydrogen) atoms. The largest absolute Gasteiger partial charge is 0.314 e. The molecule has 0 saturated carbocycles. The topological polar surface area (TPSA) is 18.5 Å². The molecular formula is C14H31N3. The Morgan fingerprint density at radius 1 is 1.29 bits per heavy atom. The quantitative estimate of drug-likeness (QED) is 0.731. The average molecular weight is 241 g/mol. The maximum Gasteiger partial charge on any atom is 0.0119 e. The van der Waals surface area contributed by atoms with Crippen molar-refractivity contribution in [2.75, 3.05) is 46.8 Å². The lowest BCUT2D eigenvalue weighted by atomic mass is 9.90. The molecule has 0 spiro atoms. The van der Waals surface area contributed by atoms with Crippen LogP contribution in [0.2, 0.25) is 0 Å². The van der Waals surface area contributed by atoms with E-state index in [0.717, 1.165) is 18.5 Å². The van der Waals surface area contributed by atoms with E-state index < -0.39 is 0 Å². The molecule has 0 amide bonds. The van der Waals surface area contributed by atoms with Crippen LogP contribution in [0.4, 0.5) is 0 Å². The highest BCUT2D eigenvalue weighted by Gasteiger charge is 2.26. The zero-order chi connectivity index (χ0) is 12.7. The van der Waals surface area contributed by atoms with Gasteiger partial charge in [-0.3, -0.25) is 0 Å². The van der Waals surface area contributed by atoms with E-state index in [9.17, 15) is 0 Å². The molecule has 0 aromatic rings. The van der Waals surface area contributed by atoms with Gasteiger partial charge in [0.25, 0.3) is 0 Å². The van der Waals surface area contributed by atoms with Gasteiger partial charge in [0.1, 0.15) is 0 Å². The third-order valence-corrected chi connectivity index (χ3v) is 3.89. The predicted molar refractivity (Wildman–Crippen MR) is 75.5 cm³/mol. The van der Waals surface area contributed by atoms with Gasteiger partial charge >= 0.3 is 0 Å². The van der Waals surface area contributed by atoms with Crippen LogP contribution in [0.25, 0.3) is 0 Å². The van der Waals surface area contributed by atoms with Crippen LogP contribution in [0.1, 0.15) is 33.1 Å². The van der Waals surface area contributed by atoms with Gasteiger partial charge in [0.15, 0.2) is 0 Å². The van der Waals surface area contributed by atoms with Crippen LogP contribution in [-0.4, -0.2) is 62.7 Å². The first-order valence-corrected chi connectivity index (χ1v) is 7.27. The van der Waals surface area contributed by atoms with E-state index in [-0.39, 0.29) is 0 Å². The highest BCUT2D eigenvalue weighted by atomic mass is 15.2. The van der Waals surface area contributed by atoms with Gasteiger partial charge in [-0.05, 0) is 59.0 Å². The molecule has 0 bridgehead atoms. The van der Waals surface area contributed by atoms with Gasteiger partial charge in [0, 0.05) is 12.6 Å². The normalized spacial score (nSPS) is 26.6. The standard InChI is InChI=1S/C14H31N3/c1-5-13-12-17(10-7-9-16(3)4)11-8-14(13)15-6-2/h13-15H,5-12H2,1-4H3. The van der Waals surface area contributed by atoms with Gasteiger partial charge in [-0.15, -0.1) is 0 Å². The second-order valence-corrected chi connectivity index (χ2v) is 5.58. The molecule has 1 fully saturated rings. The minimum absolute atomic E-state index is 0.759. The van der Waals surface area contributed by atoms with Gasteiger partial charge in [0.05, 0.1) is 0 Å². The molecule has 1 rings (SSSR count). The molecular weight excluding hydrogens is 210 g/mol. The summed E-state index contributed by atoms with van der Waals surface area (Å²) in [6, 6.07) is 0.759. The second kappa shape index (κ2) is 8.06. The number of hydrogen-bond acceptors (Lipinski definition) is 3. The van der Waals surface area contributed by atoms with E-state index in [0.29, 0.717) is 0 Å². The van der Waals surface area contributed by atoms with Crippen LogP contribution in [-0.2, 0) is 0 Å². The summed E-state index contributed by atoms with van der Waals surface area (Å²) in [4.78, 5) is 4.94. The van der Waals surface area contributed by atoms with E-state index in [1.807, 2.05) is 0 Å². The number of hydrogen-bond donors (Lipinski definition) is 1. The fourth-order valence-corrected chi connectivity index (χ4v) is 2.87. The monoisotopic (exact) mass is 241 g/mol. The summed E-state index contributed by atoms with van der Waals surface area (Å²) >= 11 is 0. The van der Waals surface area contributed by atoms with Crippen LogP contribution in [0.5, 0.6) is 0 Å². The Labute approximate surface area is 108 Å². The minimum Gasteiger partial charge on any atom is -0.314 e. The zero-order valence-corrected chi connectivity index (χ0v) is 12.2. The highest BCUT2D eigenvalue weighted by molar-refractivity contribution is 4.84. The molecule has 3 heteroatoms. The number of rotatable bonds is 7. The van der Waals surface area contributed by atoms with Gasteiger partial charge in [0.2, 0.25) is 0 Å². The summed E-state index contributed by atoms with van der Waals surface area (Å²) in [5.74, 6) is 0.850. The first kappa shape index (κ1) is 14.9. The molecule has 1 N–H and O–H groups in total. The maximum absolute atomic E-state index is 3.65. The van der Waals surface area contributed by atoms with Gasteiger partial charge in [-0.1, -0.05) is 20.3 Å². The van der Waals surface area contributed by atoms with E-state index in [2.05, 4.69) is 43.1 Å². The van der Waals surface area contributed by atoms with Gasteiger partial charge in [-0.2, -0.15) is 0 Å². The van der Waals surface area contributed by atoms with Crippen LogP contribution in [0.3, 0.4) is 0 Å². The van der Waals surface area contributed by atoms with Gasteiger partial charge < -0.3 is 15.1 Å². The lowest BCUT2D eigenvalue weighted by Gasteiger charge is -2.38. The molecule has 0 aromatic carbocycles. The molecule has 0 aromatic heterocycles. The van der Waals surface area contributed by atoms with Crippen LogP contribution in [0, 0.1) is 5.92 Å². The van der Waals surface area contributed by atoms with E-state index in [1.54, 1.807) is 0 Å². The van der Waals surface area contributed by atoms with Crippen molar-refractivity contribution in [1.29, 1.82) is 0 Å². The van der Waals surface area contributed by atoms with Crippen molar-refractivity contribution >= 4 is 0 Å². The fourth-order valence-electron chi connectivity index (χ4n) is 2.87. The summed E-state index contributed by atoms with van der Waals surface area (Å²) in [6.07, 6.45) is 3.94. The predicted octanol–water partition coefficient (Wildman–Crippen LogP) is 1.65. The Bertz CT molecular complexity index is 194. The molecule has 102 valence electrons. The Morgan fingerprint density at radius 2 is 2.06 bits per heavy atom. The SMILES string of the molecule is CCNC1CCN(CCCN(C)C)CC1CC. The summed E-state index contributed by atoms with van der Waals surface area (Å²) in [7, 11) is 4.32. The minimum atomic E-state index is 0.759. The van der Waals surface area contributed by atoms with Crippen LogP contribution in [0.15, 0.2) is 0 Å². The second-order valence-electron chi connectivity index (χ2n) is 5.58. The van der Waals surface area contributed by atoms with Crippen molar-refractivity contribution in [3.8, 4) is 0 Å². The lowest BCUT2D eigenvalue weighted by Crippen LogP contribution is -2.49. The molecule has 1 heterocycles. The molecule has 1 aliphatic heterocycles. The highest BCUT2D eigenvalue weighted by Crippen LogP contribution is 2.20.